The summed E-state index contributed by atoms with van der Waals surface area (Å²) in [6, 6.07) is 0.128. The molecule has 5 nitrogen and oxygen atoms in total. The first-order valence-electron chi connectivity index (χ1n) is 6.20. The molecule has 98 valence electrons. The number of hydrogen-bond acceptors (Lipinski definition) is 4. The normalized spacial score (nSPS) is 27.8. The van der Waals surface area contributed by atoms with Gasteiger partial charge in [0.05, 0.1) is 18.2 Å². The van der Waals surface area contributed by atoms with Gasteiger partial charge in [-0.25, -0.2) is 4.79 Å². The van der Waals surface area contributed by atoms with Crippen molar-refractivity contribution in [3.05, 3.63) is 0 Å². The van der Waals surface area contributed by atoms with Crippen molar-refractivity contribution in [2.24, 2.45) is 5.73 Å². The maximum absolute atomic E-state index is 11.8. The van der Waals surface area contributed by atoms with Crippen LogP contribution in [0.1, 0.15) is 33.6 Å². The maximum Gasteiger partial charge on any atom is 0.410 e. The van der Waals surface area contributed by atoms with Crippen LogP contribution in [-0.4, -0.2) is 47.9 Å². The minimum atomic E-state index is -0.435. The van der Waals surface area contributed by atoms with E-state index in [0.29, 0.717) is 19.7 Å². The molecule has 1 atom stereocenters. The number of hydrogen-bond donors (Lipinski definition) is 1. The zero-order chi connectivity index (χ0) is 12.7. The lowest BCUT2D eigenvalue weighted by Gasteiger charge is -2.51. The van der Waals surface area contributed by atoms with E-state index in [-0.39, 0.29) is 17.7 Å². The highest BCUT2D eigenvalue weighted by atomic mass is 16.6. The van der Waals surface area contributed by atoms with E-state index in [9.17, 15) is 4.79 Å². The van der Waals surface area contributed by atoms with Gasteiger partial charge in [-0.15, -0.1) is 0 Å². The molecule has 1 spiro atoms. The van der Waals surface area contributed by atoms with Gasteiger partial charge in [0.1, 0.15) is 5.60 Å². The van der Waals surface area contributed by atoms with Gasteiger partial charge in [0.15, 0.2) is 0 Å². The molecule has 2 heterocycles. The third-order valence-corrected chi connectivity index (χ3v) is 3.49. The maximum atomic E-state index is 11.8. The zero-order valence-corrected chi connectivity index (χ0v) is 10.9. The first-order valence-corrected chi connectivity index (χ1v) is 6.20. The van der Waals surface area contributed by atoms with Gasteiger partial charge in [0.25, 0.3) is 0 Å². The average molecular weight is 242 g/mol. The van der Waals surface area contributed by atoms with E-state index >= 15 is 0 Å². The molecule has 2 fully saturated rings. The van der Waals surface area contributed by atoms with Gasteiger partial charge >= 0.3 is 6.09 Å². The lowest BCUT2D eigenvalue weighted by Crippen LogP contribution is -2.66. The van der Waals surface area contributed by atoms with Crippen LogP contribution in [-0.2, 0) is 9.47 Å². The first kappa shape index (κ1) is 12.6. The van der Waals surface area contributed by atoms with Crippen molar-refractivity contribution in [2.45, 2.75) is 50.9 Å². The van der Waals surface area contributed by atoms with Crippen molar-refractivity contribution in [3.8, 4) is 0 Å². The van der Waals surface area contributed by atoms with Crippen LogP contribution in [0.15, 0.2) is 0 Å². The van der Waals surface area contributed by atoms with Crippen LogP contribution in [0.2, 0.25) is 0 Å². The summed E-state index contributed by atoms with van der Waals surface area (Å²) in [6.07, 6.45) is 1.39. The Bertz CT molecular complexity index is 303. The summed E-state index contributed by atoms with van der Waals surface area (Å²) in [5, 5.41) is 0. The molecule has 0 bridgehead atoms. The van der Waals surface area contributed by atoms with Crippen molar-refractivity contribution < 1.29 is 14.3 Å². The molecule has 2 rings (SSSR count). The SMILES string of the molecule is CC(C)(C)OC(=O)N1CCC2(CC1)OCC2N. The van der Waals surface area contributed by atoms with Crippen molar-refractivity contribution in [3.63, 3.8) is 0 Å². The third kappa shape index (κ3) is 2.55. The number of carbonyl (C=O) groups is 1. The van der Waals surface area contributed by atoms with Gasteiger partial charge in [-0.05, 0) is 33.6 Å². The summed E-state index contributed by atoms with van der Waals surface area (Å²) in [5.74, 6) is 0. The van der Waals surface area contributed by atoms with Crippen LogP contribution >= 0.6 is 0 Å². The molecular formula is C12H22N2O3. The van der Waals surface area contributed by atoms with Crippen LogP contribution in [0.4, 0.5) is 4.79 Å². The number of ether oxygens (including phenoxy) is 2. The van der Waals surface area contributed by atoms with Gasteiger partial charge in [-0.2, -0.15) is 0 Å². The quantitative estimate of drug-likeness (QED) is 0.691. The average Bonchev–Trinajstić information content (AvgIpc) is 2.25. The number of rotatable bonds is 0. The Balaban J connectivity index is 1.85. The predicted molar refractivity (Wildman–Crippen MR) is 63.7 cm³/mol. The number of likely N-dealkylation sites (tertiary alicyclic amines) is 1. The fourth-order valence-electron chi connectivity index (χ4n) is 2.32. The van der Waals surface area contributed by atoms with E-state index < -0.39 is 5.60 Å². The standard InChI is InChI=1S/C12H22N2O3/c1-11(2,3)17-10(15)14-6-4-12(5-7-14)9(13)8-16-12/h9H,4-8,13H2,1-3H3. The van der Waals surface area contributed by atoms with Crippen LogP contribution in [0, 0.1) is 0 Å². The minimum Gasteiger partial charge on any atom is -0.444 e. The smallest absolute Gasteiger partial charge is 0.410 e. The van der Waals surface area contributed by atoms with Gasteiger partial charge in [0, 0.05) is 13.1 Å². The largest absolute Gasteiger partial charge is 0.444 e. The topological polar surface area (TPSA) is 64.8 Å². The van der Waals surface area contributed by atoms with E-state index in [1.807, 2.05) is 20.8 Å². The Labute approximate surface area is 102 Å². The van der Waals surface area contributed by atoms with Crippen LogP contribution in [0.5, 0.6) is 0 Å². The molecule has 0 radical (unpaired) electrons. The van der Waals surface area contributed by atoms with Crippen LogP contribution in [0.25, 0.3) is 0 Å². The monoisotopic (exact) mass is 242 g/mol. The molecule has 0 aromatic rings. The molecular weight excluding hydrogens is 220 g/mol. The molecule has 0 aromatic carbocycles. The van der Waals surface area contributed by atoms with E-state index in [0.717, 1.165) is 12.8 Å². The van der Waals surface area contributed by atoms with Crippen molar-refractivity contribution in [1.82, 2.24) is 4.90 Å². The second kappa shape index (κ2) is 4.14. The number of piperidine rings is 1. The highest BCUT2D eigenvalue weighted by molar-refractivity contribution is 5.68. The van der Waals surface area contributed by atoms with Gasteiger partial charge in [-0.3, -0.25) is 0 Å². The first-order chi connectivity index (χ1) is 7.82. The molecule has 0 saturated carbocycles. The Morgan fingerprint density at radius 2 is 2.00 bits per heavy atom. The Morgan fingerprint density at radius 1 is 1.41 bits per heavy atom. The summed E-state index contributed by atoms with van der Waals surface area (Å²) in [6.45, 7) is 7.61. The summed E-state index contributed by atoms with van der Waals surface area (Å²) in [7, 11) is 0. The van der Waals surface area contributed by atoms with E-state index in [4.69, 9.17) is 15.2 Å². The second-order valence-corrected chi connectivity index (χ2v) is 5.95. The molecule has 2 aliphatic rings. The molecule has 2 saturated heterocycles. The second-order valence-electron chi connectivity index (χ2n) is 5.95. The Morgan fingerprint density at radius 3 is 2.35 bits per heavy atom. The lowest BCUT2D eigenvalue weighted by atomic mass is 9.81. The number of nitrogens with zero attached hydrogens (tertiary/aromatic N) is 1. The fraction of sp³-hybridized carbons (Fsp3) is 0.917. The van der Waals surface area contributed by atoms with Gasteiger partial charge in [-0.1, -0.05) is 0 Å². The van der Waals surface area contributed by atoms with Crippen molar-refractivity contribution in [2.75, 3.05) is 19.7 Å². The number of carbonyl (C=O) groups excluding carboxylic acids is 1. The lowest BCUT2D eigenvalue weighted by molar-refractivity contribution is -0.188. The fourth-order valence-corrected chi connectivity index (χ4v) is 2.32. The number of amides is 1. The van der Waals surface area contributed by atoms with Crippen molar-refractivity contribution in [1.29, 1.82) is 0 Å². The summed E-state index contributed by atoms with van der Waals surface area (Å²) >= 11 is 0. The Kier molecular flexibility index (Phi) is 3.08. The highest BCUT2D eigenvalue weighted by Gasteiger charge is 2.48. The molecule has 1 amide bonds. The minimum absolute atomic E-state index is 0.128. The molecule has 0 aliphatic carbocycles. The Hall–Kier alpha value is -0.810. The summed E-state index contributed by atoms with van der Waals surface area (Å²) in [5.41, 5.74) is 5.35. The van der Waals surface area contributed by atoms with Crippen LogP contribution < -0.4 is 5.73 Å². The summed E-state index contributed by atoms with van der Waals surface area (Å²) in [4.78, 5) is 13.6. The van der Waals surface area contributed by atoms with E-state index in [1.54, 1.807) is 4.90 Å². The van der Waals surface area contributed by atoms with Gasteiger partial charge < -0.3 is 20.1 Å². The highest BCUT2D eigenvalue weighted by Crippen LogP contribution is 2.36. The van der Waals surface area contributed by atoms with Crippen molar-refractivity contribution >= 4 is 6.09 Å². The van der Waals surface area contributed by atoms with Gasteiger partial charge in [0.2, 0.25) is 0 Å². The molecule has 2 N–H and O–H groups in total. The molecule has 17 heavy (non-hydrogen) atoms. The molecule has 0 aromatic heterocycles. The molecule has 1 unspecified atom stereocenters. The van der Waals surface area contributed by atoms with E-state index in [2.05, 4.69) is 0 Å². The number of nitrogens with two attached hydrogens (primary N) is 1. The van der Waals surface area contributed by atoms with E-state index in [1.165, 1.54) is 0 Å². The summed E-state index contributed by atoms with van der Waals surface area (Å²) < 4.78 is 10.9. The third-order valence-electron chi connectivity index (χ3n) is 3.49. The zero-order valence-electron chi connectivity index (χ0n) is 10.9. The van der Waals surface area contributed by atoms with Crippen LogP contribution in [0.3, 0.4) is 0 Å². The molecule has 2 aliphatic heterocycles. The predicted octanol–water partition coefficient (Wildman–Crippen LogP) is 1.11. The molecule has 5 heteroatoms.